The van der Waals surface area contributed by atoms with Gasteiger partial charge in [-0.15, -0.1) is 0 Å². The third-order valence-electron chi connectivity index (χ3n) is 4.11. The number of amides is 1. The van der Waals surface area contributed by atoms with Crippen molar-refractivity contribution in [3.05, 3.63) is 11.6 Å². The maximum atomic E-state index is 12.0. The van der Waals surface area contributed by atoms with Crippen LogP contribution in [-0.2, 0) is 9.53 Å². The van der Waals surface area contributed by atoms with Crippen molar-refractivity contribution in [1.29, 1.82) is 0 Å². The summed E-state index contributed by atoms with van der Waals surface area (Å²) in [5.74, 6) is 0.0189. The van der Waals surface area contributed by atoms with Crippen LogP contribution >= 0.6 is 0 Å². The molecule has 5 heteroatoms. The van der Waals surface area contributed by atoms with E-state index in [-0.39, 0.29) is 5.91 Å². The van der Waals surface area contributed by atoms with E-state index in [1.165, 1.54) is 18.4 Å². The Morgan fingerprint density at radius 3 is 2.86 bits per heavy atom. The molecule has 21 heavy (non-hydrogen) atoms. The number of ether oxygens (including phenoxy) is 1. The topological polar surface area (TPSA) is 61.8 Å². The number of hydrogen-bond acceptors (Lipinski definition) is 4. The summed E-state index contributed by atoms with van der Waals surface area (Å²) < 4.78 is 5.30. The van der Waals surface area contributed by atoms with E-state index >= 15 is 0 Å². The van der Waals surface area contributed by atoms with Gasteiger partial charge in [-0.2, -0.15) is 0 Å². The standard InChI is InChI=1S/C16H28N2O3/c1-16(20,13-18-7-9-21-10-8-18)12-17-15(19)11-14-5-3-2-4-6-14/h5,20H,2-4,6-13H2,1H3,(H,17,19). The molecule has 1 atom stereocenters. The highest BCUT2D eigenvalue weighted by atomic mass is 16.5. The van der Waals surface area contributed by atoms with E-state index in [0.29, 0.717) is 19.5 Å². The van der Waals surface area contributed by atoms with Crippen LogP contribution in [0.15, 0.2) is 11.6 Å². The van der Waals surface area contributed by atoms with Crippen LogP contribution in [0.4, 0.5) is 0 Å². The Morgan fingerprint density at radius 2 is 2.19 bits per heavy atom. The Hall–Kier alpha value is -0.910. The number of rotatable bonds is 6. The summed E-state index contributed by atoms with van der Waals surface area (Å²) in [5, 5.41) is 13.3. The second kappa shape index (κ2) is 7.92. The third kappa shape index (κ3) is 6.16. The molecule has 0 spiro atoms. The molecule has 1 aliphatic heterocycles. The number of hydrogen-bond donors (Lipinski definition) is 2. The predicted octanol–water partition coefficient (Wildman–Crippen LogP) is 1.08. The van der Waals surface area contributed by atoms with E-state index in [1.807, 2.05) is 0 Å². The quantitative estimate of drug-likeness (QED) is 0.720. The van der Waals surface area contributed by atoms with Crippen LogP contribution in [-0.4, -0.2) is 60.9 Å². The monoisotopic (exact) mass is 296 g/mol. The number of allylic oxidation sites excluding steroid dienone is 1. The summed E-state index contributed by atoms with van der Waals surface area (Å²) in [6.07, 6.45) is 7.23. The van der Waals surface area contributed by atoms with Crippen molar-refractivity contribution in [2.45, 2.75) is 44.6 Å². The van der Waals surface area contributed by atoms with Crippen LogP contribution in [0.25, 0.3) is 0 Å². The first kappa shape index (κ1) is 16.5. The average molecular weight is 296 g/mol. The molecule has 0 radical (unpaired) electrons. The molecule has 5 nitrogen and oxygen atoms in total. The second-order valence-corrected chi connectivity index (χ2v) is 6.45. The number of nitrogens with one attached hydrogen (secondary N) is 1. The Morgan fingerprint density at radius 1 is 1.43 bits per heavy atom. The van der Waals surface area contributed by atoms with Gasteiger partial charge >= 0.3 is 0 Å². The molecule has 1 saturated heterocycles. The second-order valence-electron chi connectivity index (χ2n) is 6.45. The number of morpholine rings is 1. The molecule has 0 aromatic heterocycles. The van der Waals surface area contributed by atoms with E-state index in [0.717, 1.165) is 39.1 Å². The van der Waals surface area contributed by atoms with Gasteiger partial charge in [0.05, 0.1) is 18.8 Å². The van der Waals surface area contributed by atoms with Gasteiger partial charge in [0.15, 0.2) is 0 Å². The first-order chi connectivity index (χ1) is 10.1. The lowest BCUT2D eigenvalue weighted by Crippen LogP contribution is -2.51. The fourth-order valence-electron chi connectivity index (χ4n) is 2.92. The lowest BCUT2D eigenvalue weighted by Gasteiger charge is -2.33. The minimum Gasteiger partial charge on any atom is -0.387 e. The lowest BCUT2D eigenvalue weighted by atomic mass is 9.97. The molecule has 1 fully saturated rings. The lowest BCUT2D eigenvalue weighted by molar-refractivity contribution is -0.122. The molecule has 0 bridgehead atoms. The SMILES string of the molecule is CC(O)(CNC(=O)CC1=CCCCC1)CN1CCOCC1. The number of carbonyl (C=O) groups is 1. The van der Waals surface area contributed by atoms with E-state index in [2.05, 4.69) is 16.3 Å². The van der Waals surface area contributed by atoms with Gasteiger partial charge in [-0.1, -0.05) is 11.6 Å². The van der Waals surface area contributed by atoms with Crippen molar-refractivity contribution in [1.82, 2.24) is 10.2 Å². The Labute approximate surface area is 127 Å². The fourth-order valence-corrected chi connectivity index (χ4v) is 2.92. The van der Waals surface area contributed by atoms with Gasteiger partial charge in [0, 0.05) is 32.6 Å². The number of β-amino-alcohol motifs (C(OH)–C–C–N with tert-alkyl or cyclic N) is 1. The summed E-state index contributed by atoms with van der Waals surface area (Å²) in [7, 11) is 0. The summed E-state index contributed by atoms with van der Waals surface area (Å²) in [4.78, 5) is 14.1. The zero-order valence-corrected chi connectivity index (χ0v) is 13.1. The molecular weight excluding hydrogens is 268 g/mol. The van der Waals surface area contributed by atoms with Gasteiger partial charge in [0.2, 0.25) is 5.91 Å². The van der Waals surface area contributed by atoms with Gasteiger partial charge < -0.3 is 15.2 Å². The minimum absolute atomic E-state index is 0.0189. The molecule has 1 amide bonds. The Bertz CT molecular complexity index is 374. The van der Waals surface area contributed by atoms with E-state index < -0.39 is 5.60 Å². The summed E-state index contributed by atoms with van der Waals surface area (Å²) >= 11 is 0. The molecule has 0 aromatic carbocycles. The van der Waals surface area contributed by atoms with Crippen LogP contribution in [0.2, 0.25) is 0 Å². The summed E-state index contributed by atoms with van der Waals surface area (Å²) in [6.45, 7) is 5.78. The van der Waals surface area contributed by atoms with Crippen molar-refractivity contribution in [3.63, 3.8) is 0 Å². The Kier molecular flexibility index (Phi) is 6.21. The van der Waals surface area contributed by atoms with Crippen LogP contribution in [0.3, 0.4) is 0 Å². The fraction of sp³-hybridized carbons (Fsp3) is 0.812. The normalized spacial score (nSPS) is 23.2. The van der Waals surface area contributed by atoms with Crippen LogP contribution < -0.4 is 5.32 Å². The summed E-state index contributed by atoms with van der Waals surface area (Å²) in [5.41, 5.74) is 0.347. The minimum atomic E-state index is -0.895. The van der Waals surface area contributed by atoms with Crippen LogP contribution in [0.5, 0.6) is 0 Å². The van der Waals surface area contributed by atoms with Crippen LogP contribution in [0, 0.1) is 0 Å². The molecule has 1 heterocycles. The first-order valence-corrected chi connectivity index (χ1v) is 8.02. The molecule has 2 aliphatic rings. The number of carbonyl (C=O) groups excluding carboxylic acids is 1. The van der Waals surface area contributed by atoms with Crippen molar-refractivity contribution in [3.8, 4) is 0 Å². The van der Waals surface area contributed by atoms with Crippen molar-refractivity contribution in [2.75, 3.05) is 39.4 Å². The molecule has 0 saturated carbocycles. The van der Waals surface area contributed by atoms with E-state index in [4.69, 9.17) is 4.74 Å². The molecule has 1 aliphatic carbocycles. The van der Waals surface area contributed by atoms with Crippen LogP contribution in [0.1, 0.15) is 39.0 Å². The van der Waals surface area contributed by atoms with Gasteiger partial charge in [0.25, 0.3) is 0 Å². The number of nitrogens with zero attached hydrogens (tertiary/aromatic N) is 1. The van der Waals surface area contributed by atoms with Gasteiger partial charge in [-0.25, -0.2) is 0 Å². The smallest absolute Gasteiger partial charge is 0.224 e. The maximum absolute atomic E-state index is 12.0. The molecular formula is C16H28N2O3. The largest absolute Gasteiger partial charge is 0.387 e. The highest BCUT2D eigenvalue weighted by Crippen LogP contribution is 2.19. The third-order valence-corrected chi connectivity index (χ3v) is 4.11. The average Bonchev–Trinajstić information content (AvgIpc) is 2.47. The Balaban J connectivity index is 1.69. The van der Waals surface area contributed by atoms with E-state index in [9.17, 15) is 9.90 Å². The van der Waals surface area contributed by atoms with Crippen molar-refractivity contribution >= 4 is 5.91 Å². The first-order valence-electron chi connectivity index (χ1n) is 8.02. The number of aliphatic hydroxyl groups is 1. The molecule has 2 rings (SSSR count). The molecule has 0 aromatic rings. The van der Waals surface area contributed by atoms with Gasteiger partial charge in [-0.05, 0) is 32.6 Å². The molecule has 1 unspecified atom stereocenters. The van der Waals surface area contributed by atoms with Crippen molar-refractivity contribution < 1.29 is 14.6 Å². The summed E-state index contributed by atoms with van der Waals surface area (Å²) in [6, 6.07) is 0. The highest BCUT2D eigenvalue weighted by Gasteiger charge is 2.25. The zero-order chi connectivity index (χ0) is 15.1. The van der Waals surface area contributed by atoms with Gasteiger partial charge in [0.1, 0.15) is 0 Å². The van der Waals surface area contributed by atoms with Crippen molar-refractivity contribution in [2.24, 2.45) is 0 Å². The predicted molar refractivity (Wildman–Crippen MR) is 82.1 cm³/mol. The van der Waals surface area contributed by atoms with Gasteiger partial charge in [-0.3, -0.25) is 9.69 Å². The maximum Gasteiger partial charge on any atom is 0.224 e. The highest BCUT2D eigenvalue weighted by molar-refractivity contribution is 5.78. The van der Waals surface area contributed by atoms with E-state index in [1.54, 1.807) is 6.92 Å². The molecule has 120 valence electrons. The zero-order valence-electron chi connectivity index (χ0n) is 13.1. The molecule has 2 N–H and O–H groups in total.